The van der Waals surface area contributed by atoms with E-state index in [1.54, 1.807) is 0 Å². The molecule has 0 bridgehead atoms. The third kappa shape index (κ3) is 3.67. The molecule has 0 aliphatic carbocycles. The first kappa shape index (κ1) is 19.7. The number of thioether (sulfide) groups is 1. The zero-order valence-electron chi connectivity index (χ0n) is 16.6. The Labute approximate surface area is 178 Å². The van der Waals surface area contributed by atoms with Gasteiger partial charge in [-0.25, -0.2) is 4.98 Å². The third-order valence-electron chi connectivity index (χ3n) is 4.73. The lowest BCUT2D eigenvalue weighted by atomic mass is 10.2. The molecule has 4 aromatic rings. The number of aromatic nitrogens is 5. The molecule has 8 heteroatoms. The summed E-state index contributed by atoms with van der Waals surface area (Å²) in [6.45, 7) is 4.54. The monoisotopic (exact) mass is 416 g/mol. The van der Waals surface area contributed by atoms with Gasteiger partial charge in [-0.3, -0.25) is 0 Å². The Hall–Kier alpha value is -3.57. The molecule has 0 amide bonds. The van der Waals surface area contributed by atoms with Gasteiger partial charge in [0.05, 0.1) is 16.3 Å². The number of rotatable bonds is 6. The van der Waals surface area contributed by atoms with Gasteiger partial charge in [0.1, 0.15) is 17.4 Å². The molecule has 0 saturated carbocycles. The molecule has 0 aliphatic heterocycles. The summed E-state index contributed by atoms with van der Waals surface area (Å²) in [6, 6.07) is 19.4. The van der Waals surface area contributed by atoms with E-state index in [2.05, 4.69) is 26.2 Å². The standard InChI is InChI=1S/C22H20N6OS/c1-3-28-21(15-9-5-4-6-10-15)26-27-22(28)30-14(2)19(29)16(13-23)20-24-17-11-7-8-12-18(17)25-20/h4-12,14,29H,3H2,1-2H3,(H,24,25)/b19-16-/t14-/m0/s1. The summed E-state index contributed by atoms with van der Waals surface area (Å²) in [4.78, 5) is 7.53. The highest BCUT2D eigenvalue weighted by Crippen LogP contribution is 2.31. The number of benzene rings is 2. The quantitative estimate of drug-likeness (QED) is 0.265. The van der Waals surface area contributed by atoms with Crippen molar-refractivity contribution in [3.63, 3.8) is 0 Å². The molecule has 2 aromatic carbocycles. The summed E-state index contributed by atoms with van der Waals surface area (Å²) in [6.07, 6.45) is 0. The van der Waals surface area contributed by atoms with Crippen LogP contribution in [0.15, 0.2) is 65.5 Å². The van der Waals surface area contributed by atoms with Crippen molar-refractivity contribution in [3.8, 4) is 17.5 Å². The van der Waals surface area contributed by atoms with Crippen LogP contribution in [0, 0.1) is 11.3 Å². The third-order valence-corrected chi connectivity index (χ3v) is 5.82. The molecule has 1 atom stereocenters. The van der Waals surface area contributed by atoms with Crippen LogP contribution in [0.25, 0.3) is 28.0 Å². The minimum Gasteiger partial charge on any atom is -0.510 e. The topological polar surface area (TPSA) is 103 Å². The van der Waals surface area contributed by atoms with Gasteiger partial charge in [0.15, 0.2) is 16.8 Å². The van der Waals surface area contributed by atoms with Gasteiger partial charge in [0.2, 0.25) is 0 Å². The van der Waals surface area contributed by atoms with Crippen molar-refractivity contribution in [2.45, 2.75) is 30.8 Å². The fourth-order valence-electron chi connectivity index (χ4n) is 3.18. The van der Waals surface area contributed by atoms with Gasteiger partial charge in [-0.05, 0) is 26.0 Å². The predicted octanol–water partition coefficient (Wildman–Crippen LogP) is 4.81. The van der Waals surface area contributed by atoms with Crippen molar-refractivity contribution in [2.24, 2.45) is 0 Å². The summed E-state index contributed by atoms with van der Waals surface area (Å²) < 4.78 is 2.00. The SMILES string of the molecule is CCn1c(S[C@@H](C)/C(O)=C(\C#N)c2nc3ccccc3[nH]2)nnc1-c1ccccc1. The minimum atomic E-state index is -0.411. The van der Waals surface area contributed by atoms with Gasteiger partial charge in [-0.1, -0.05) is 54.2 Å². The second kappa shape index (κ2) is 8.43. The number of hydrogen-bond acceptors (Lipinski definition) is 6. The molecule has 0 saturated heterocycles. The molecule has 2 N–H and O–H groups in total. The maximum atomic E-state index is 10.8. The van der Waals surface area contributed by atoms with Gasteiger partial charge in [-0.15, -0.1) is 10.2 Å². The summed E-state index contributed by atoms with van der Waals surface area (Å²) in [5, 5.41) is 29.4. The minimum absolute atomic E-state index is 0.0477. The van der Waals surface area contributed by atoms with Crippen molar-refractivity contribution in [2.75, 3.05) is 0 Å². The first-order chi connectivity index (χ1) is 14.6. The van der Waals surface area contributed by atoms with Crippen molar-refractivity contribution in [1.82, 2.24) is 24.7 Å². The lowest BCUT2D eigenvalue weighted by Gasteiger charge is -2.12. The number of nitriles is 1. The lowest BCUT2D eigenvalue weighted by Crippen LogP contribution is -2.07. The van der Waals surface area contributed by atoms with Crippen molar-refractivity contribution in [1.29, 1.82) is 5.26 Å². The van der Waals surface area contributed by atoms with E-state index in [1.165, 1.54) is 11.8 Å². The van der Waals surface area contributed by atoms with Crippen LogP contribution in [0.3, 0.4) is 0 Å². The van der Waals surface area contributed by atoms with E-state index in [9.17, 15) is 10.4 Å². The Kier molecular flexibility index (Phi) is 5.55. The van der Waals surface area contributed by atoms with Crippen LogP contribution < -0.4 is 0 Å². The molecular weight excluding hydrogens is 396 g/mol. The number of aromatic amines is 1. The first-order valence-electron chi connectivity index (χ1n) is 9.56. The number of fused-ring (bicyclic) bond motifs is 1. The molecule has 0 fully saturated rings. The molecule has 0 aliphatic rings. The zero-order chi connectivity index (χ0) is 21.1. The summed E-state index contributed by atoms with van der Waals surface area (Å²) >= 11 is 1.35. The van der Waals surface area contributed by atoms with Crippen LogP contribution in [0.5, 0.6) is 0 Å². The van der Waals surface area contributed by atoms with Crippen molar-refractivity contribution < 1.29 is 5.11 Å². The van der Waals surface area contributed by atoms with E-state index >= 15 is 0 Å². The molecule has 30 heavy (non-hydrogen) atoms. The smallest absolute Gasteiger partial charge is 0.192 e. The number of hydrogen-bond donors (Lipinski definition) is 2. The normalized spacial score (nSPS) is 13.1. The van der Waals surface area contributed by atoms with E-state index in [4.69, 9.17) is 0 Å². The average Bonchev–Trinajstić information content (AvgIpc) is 3.38. The van der Waals surface area contributed by atoms with Crippen molar-refractivity contribution >= 4 is 28.4 Å². The molecule has 150 valence electrons. The molecule has 0 unspecified atom stereocenters. The van der Waals surface area contributed by atoms with Crippen LogP contribution in [0.4, 0.5) is 0 Å². The highest BCUT2D eigenvalue weighted by atomic mass is 32.2. The van der Waals surface area contributed by atoms with Gasteiger partial charge in [-0.2, -0.15) is 5.26 Å². The highest BCUT2D eigenvalue weighted by Gasteiger charge is 2.22. The molecule has 0 radical (unpaired) electrons. The second-order valence-electron chi connectivity index (χ2n) is 6.65. The van der Waals surface area contributed by atoms with Crippen LogP contribution in [-0.2, 0) is 6.54 Å². The zero-order valence-corrected chi connectivity index (χ0v) is 17.4. The number of nitrogens with one attached hydrogen (secondary N) is 1. The van der Waals surface area contributed by atoms with E-state index in [-0.39, 0.29) is 11.3 Å². The summed E-state index contributed by atoms with van der Waals surface area (Å²) in [5.41, 5.74) is 2.65. The summed E-state index contributed by atoms with van der Waals surface area (Å²) in [5.74, 6) is 1.08. The van der Waals surface area contributed by atoms with Gasteiger partial charge < -0.3 is 14.7 Å². The fourth-order valence-corrected chi connectivity index (χ4v) is 4.16. The fraction of sp³-hybridized carbons (Fsp3) is 0.182. The van der Waals surface area contributed by atoms with Gasteiger partial charge >= 0.3 is 0 Å². The number of imidazole rings is 1. The Morgan fingerprint density at radius 1 is 1.17 bits per heavy atom. The number of aliphatic hydroxyl groups excluding tert-OH is 1. The van der Waals surface area contributed by atoms with E-state index < -0.39 is 5.25 Å². The van der Waals surface area contributed by atoms with E-state index in [0.717, 1.165) is 22.4 Å². The largest absolute Gasteiger partial charge is 0.510 e. The van der Waals surface area contributed by atoms with Crippen LogP contribution in [0.2, 0.25) is 0 Å². The molecule has 2 aromatic heterocycles. The maximum Gasteiger partial charge on any atom is 0.192 e. The maximum absolute atomic E-state index is 10.8. The first-order valence-corrected chi connectivity index (χ1v) is 10.4. The van der Waals surface area contributed by atoms with Gasteiger partial charge in [0, 0.05) is 12.1 Å². The molecule has 0 spiro atoms. The number of para-hydroxylation sites is 2. The molecule has 4 rings (SSSR count). The van der Waals surface area contributed by atoms with E-state index in [1.807, 2.05) is 73.0 Å². The highest BCUT2D eigenvalue weighted by molar-refractivity contribution is 7.99. The second-order valence-corrected chi connectivity index (χ2v) is 7.96. The summed E-state index contributed by atoms with van der Waals surface area (Å²) in [7, 11) is 0. The van der Waals surface area contributed by atoms with Crippen LogP contribution in [-0.4, -0.2) is 35.1 Å². The number of nitrogens with zero attached hydrogens (tertiary/aromatic N) is 5. The molecule has 2 heterocycles. The molecule has 7 nitrogen and oxygen atoms in total. The van der Waals surface area contributed by atoms with Crippen LogP contribution >= 0.6 is 11.8 Å². The number of allylic oxidation sites excluding steroid dienone is 1. The predicted molar refractivity (Wildman–Crippen MR) is 118 cm³/mol. The molecular formula is C22H20N6OS. The van der Waals surface area contributed by atoms with Crippen LogP contribution in [0.1, 0.15) is 19.7 Å². The average molecular weight is 417 g/mol. The lowest BCUT2D eigenvalue weighted by molar-refractivity contribution is 0.401. The Morgan fingerprint density at radius 2 is 1.90 bits per heavy atom. The van der Waals surface area contributed by atoms with Crippen molar-refractivity contribution in [3.05, 3.63) is 66.2 Å². The number of aliphatic hydroxyl groups is 1. The Balaban J connectivity index is 1.65. The van der Waals surface area contributed by atoms with E-state index in [0.29, 0.717) is 17.5 Å². The number of H-pyrrole nitrogens is 1. The Bertz CT molecular complexity index is 1220. The Morgan fingerprint density at radius 3 is 2.60 bits per heavy atom. The van der Waals surface area contributed by atoms with Gasteiger partial charge in [0.25, 0.3) is 0 Å².